The standard InChI is InChI=1S/C9H8N2OS/c1-6-5-7-3-2-4-10-8(7)11(13)9(6)12/h2-5,13H,1H3. The summed E-state index contributed by atoms with van der Waals surface area (Å²) in [4.78, 5) is 15.5. The maximum atomic E-state index is 11.4. The molecule has 0 bridgehead atoms. The summed E-state index contributed by atoms with van der Waals surface area (Å²) in [5, 5.41) is 0.926. The van der Waals surface area contributed by atoms with Crippen LogP contribution in [0.2, 0.25) is 0 Å². The van der Waals surface area contributed by atoms with Gasteiger partial charge in [-0.15, -0.1) is 0 Å². The molecule has 13 heavy (non-hydrogen) atoms. The van der Waals surface area contributed by atoms with Gasteiger partial charge in [0.05, 0.1) is 0 Å². The van der Waals surface area contributed by atoms with Crippen molar-refractivity contribution >= 4 is 23.8 Å². The first kappa shape index (κ1) is 8.31. The molecule has 0 aliphatic carbocycles. The average Bonchev–Trinajstić information content (AvgIpc) is 2.15. The lowest BCUT2D eigenvalue weighted by atomic mass is 10.2. The largest absolute Gasteiger partial charge is 0.268 e. The summed E-state index contributed by atoms with van der Waals surface area (Å²) < 4.78 is 1.27. The molecular formula is C9H8N2OS. The molecule has 4 heteroatoms. The van der Waals surface area contributed by atoms with Crippen LogP contribution in [0.1, 0.15) is 5.56 Å². The summed E-state index contributed by atoms with van der Waals surface area (Å²) in [5.74, 6) is 0. The molecule has 66 valence electrons. The minimum atomic E-state index is -0.116. The summed E-state index contributed by atoms with van der Waals surface area (Å²) in [5.41, 5.74) is 1.16. The van der Waals surface area contributed by atoms with Crippen LogP contribution in [0.4, 0.5) is 0 Å². The van der Waals surface area contributed by atoms with Crippen LogP contribution >= 0.6 is 12.8 Å². The van der Waals surface area contributed by atoms with E-state index in [1.165, 1.54) is 3.97 Å². The lowest BCUT2D eigenvalue weighted by Crippen LogP contribution is -2.16. The van der Waals surface area contributed by atoms with Crippen LogP contribution in [0.15, 0.2) is 29.2 Å². The second kappa shape index (κ2) is 2.88. The van der Waals surface area contributed by atoms with Crippen LogP contribution in [0.25, 0.3) is 11.0 Å². The van der Waals surface area contributed by atoms with Crippen LogP contribution in [0.5, 0.6) is 0 Å². The van der Waals surface area contributed by atoms with E-state index in [0.29, 0.717) is 11.2 Å². The zero-order chi connectivity index (χ0) is 9.42. The van der Waals surface area contributed by atoms with Crippen molar-refractivity contribution in [1.82, 2.24) is 8.96 Å². The van der Waals surface area contributed by atoms with E-state index < -0.39 is 0 Å². The van der Waals surface area contributed by atoms with Crippen molar-refractivity contribution in [2.75, 3.05) is 0 Å². The van der Waals surface area contributed by atoms with Crippen LogP contribution in [0.3, 0.4) is 0 Å². The second-order valence-corrected chi connectivity index (χ2v) is 3.26. The zero-order valence-electron chi connectivity index (χ0n) is 7.06. The van der Waals surface area contributed by atoms with E-state index in [1.54, 1.807) is 13.1 Å². The molecular weight excluding hydrogens is 184 g/mol. The Labute approximate surface area is 80.6 Å². The van der Waals surface area contributed by atoms with E-state index >= 15 is 0 Å². The molecule has 0 N–H and O–H groups in total. The highest BCUT2D eigenvalue weighted by atomic mass is 32.1. The topological polar surface area (TPSA) is 34.9 Å². The predicted molar refractivity (Wildman–Crippen MR) is 55.1 cm³/mol. The number of nitrogens with zero attached hydrogens (tertiary/aromatic N) is 2. The van der Waals surface area contributed by atoms with E-state index in [1.807, 2.05) is 18.2 Å². The van der Waals surface area contributed by atoms with Gasteiger partial charge >= 0.3 is 0 Å². The third-order valence-corrected chi connectivity index (χ3v) is 2.29. The molecule has 2 aromatic rings. The van der Waals surface area contributed by atoms with Crippen molar-refractivity contribution in [2.45, 2.75) is 6.92 Å². The van der Waals surface area contributed by atoms with Crippen molar-refractivity contribution < 1.29 is 0 Å². The van der Waals surface area contributed by atoms with E-state index in [-0.39, 0.29) is 5.56 Å². The third kappa shape index (κ3) is 1.23. The first-order valence-electron chi connectivity index (χ1n) is 3.87. The number of rotatable bonds is 0. The third-order valence-electron chi connectivity index (χ3n) is 1.92. The predicted octanol–water partition coefficient (Wildman–Crippen LogP) is 1.40. The van der Waals surface area contributed by atoms with Gasteiger partial charge in [-0.2, -0.15) is 0 Å². The summed E-state index contributed by atoms with van der Waals surface area (Å²) in [6.45, 7) is 1.77. The highest BCUT2D eigenvalue weighted by Gasteiger charge is 2.02. The monoisotopic (exact) mass is 192 g/mol. The van der Waals surface area contributed by atoms with Gasteiger partial charge in [-0.25, -0.2) is 8.96 Å². The molecule has 0 radical (unpaired) electrons. The molecule has 0 fully saturated rings. The van der Waals surface area contributed by atoms with Crippen molar-refractivity contribution in [2.24, 2.45) is 0 Å². The van der Waals surface area contributed by atoms with Gasteiger partial charge in [0.1, 0.15) is 0 Å². The van der Waals surface area contributed by atoms with E-state index in [0.717, 1.165) is 5.39 Å². The molecule has 0 amide bonds. The van der Waals surface area contributed by atoms with Gasteiger partial charge in [-0.1, -0.05) is 12.8 Å². The number of pyridine rings is 2. The minimum Gasteiger partial charge on any atom is -0.268 e. The zero-order valence-corrected chi connectivity index (χ0v) is 7.95. The molecule has 0 aliphatic rings. The van der Waals surface area contributed by atoms with E-state index in [4.69, 9.17) is 0 Å². The Bertz CT molecular complexity index is 518. The van der Waals surface area contributed by atoms with Gasteiger partial charge in [-0.05, 0) is 25.1 Å². The van der Waals surface area contributed by atoms with Crippen molar-refractivity contribution in [3.63, 3.8) is 0 Å². The highest BCUT2D eigenvalue weighted by molar-refractivity contribution is 7.78. The van der Waals surface area contributed by atoms with Gasteiger partial charge in [0.2, 0.25) is 0 Å². The molecule has 3 nitrogen and oxygen atoms in total. The Kier molecular flexibility index (Phi) is 1.84. The Morgan fingerprint density at radius 1 is 1.54 bits per heavy atom. The molecule has 2 rings (SSSR count). The van der Waals surface area contributed by atoms with E-state index in [9.17, 15) is 4.79 Å². The van der Waals surface area contributed by atoms with Gasteiger partial charge in [-0.3, -0.25) is 4.79 Å². The SMILES string of the molecule is Cc1cc2cccnc2n(S)c1=O. The van der Waals surface area contributed by atoms with Gasteiger partial charge in [0, 0.05) is 17.1 Å². The fraction of sp³-hybridized carbons (Fsp3) is 0.111. The molecule has 0 aromatic carbocycles. The fourth-order valence-corrected chi connectivity index (χ4v) is 1.58. The summed E-state index contributed by atoms with van der Waals surface area (Å²) >= 11 is 4.08. The molecule has 0 spiro atoms. The highest BCUT2D eigenvalue weighted by Crippen LogP contribution is 2.10. The van der Waals surface area contributed by atoms with Crippen molar-refractivity contribution in [3.8, 4) is 0 Å². The molecule has 0 atom stereocenters. The summed E-state index contributed by atoms with van der Waals surface area (Å²) in [7, 11) is 0. The smallest absolute Gasteiger partial charge is 0.265 e. The van der Waals surface area contributed by atoms with Gasteiger partial charge in [0.25, 0.3) is 5.56 Å². The Morgan fingerprint density at radius 3 is 3.08 bits per heavy atom. The summed E-state index contributed by atoms with van der Waals surface area (Å²) in [6.07, 6.45) is 1.64. The molecule has 0 aliphatic heterocycles. The lowest BCUT2D eigenvalue weighted by Gasteiger charge is -2.02. The Balaban J connectivity index is 3.02. The lowest BCUT2D eigenvalue weighted by molar-refractivity contribution is 1.13. The van der Waals surface area contributed by atoms with Crippen LogP contribution in [-0.4, -0.2) is 8.96 Å². The Morgan fingerprint density at radius 2 is 2.31 bits per heavy atom. The molecule has 0 saturated heterocycles. The maximum absolute atomic E-state index is 11.4. The number of aromatic nitrogens is 2. The normalized spacial score (nSPS) is 10.6. The summed E-state index contributed by atoms with van der Waals surface area (Å²) in [6, 6.07) is 5.55. The van der Waals surface area contributed by atoms with Gasteiger partial charge in [0.15, 0.2) is 5.65 Å². The van der Waals surface area contributed by atoms with Crippen molar-refractivity contribution in [1.29, 1.82) is 0 Å². The molecule has 0 unspecified atom stereocenters. The number of hydrogen-bond donors (Lipinski definition) is 1. The van der Waals surface area contributed by atoms with Gasteiger partial charge < -0.3 is 0 Å². The number of thiol groups is 1. The van der Waals surface area contributed by atoms with Crippen LogP contribution in [-0.2, 0) is 0 Å². The minimum absolute atomic E-state index is 0.116. The van der Waals surface area contributed by atoms with Crippen molar-refractivity contribution in [3.05, 3.63) is 40.3 Å². The fourth-order valence-electron chi connectivity index (χ4n) is 1.26. The first-order valence-corrected chi connectivity index (χ1v) is 4.27. The first-order chi connectivity index (χ1) is 6.20. The average molecular weight is 192 g/mol. The second-order valence-electron chi connectivity index (χ2n) is 2.86. The molecule has 2 aromatic heterocycles. The quantitative estimate of drug-likeness (QED) is 0.640. The number of aryl methyl sites for hydroxylation is 1. The van der Waals surface area contributed by atoms with Crippen LogP contribution in [0, 0.1) is 6.92 Å². The maximum Gasteiger partial charge on any atom is 0.265 e. The number of fused-ring (bicyclic) bond motifs is 1. The number of hydrogen-bond acceptors (Lipinski definition) is 3. The molecule has 0 saturated carbocycles. The molecule has 2 heterocycles. The van der Waals surface area contributed by atoms with E-state index in [2.05, 4.69) is 17.8 Å². The Hall–Kier alpha value is -1.29. The van der Waals surface area contributed by atoms with Crippen LogP contribution < -0.4 is 5.56 Å².